The van der Waals surface area contributed by atoms with Crippen LogP contribution < -0.4 is 0 Å². The lowest BCUT2D eigenvalue weighted by Gasteiger charge is -2.24. The molecule has 0 amide bonds. The summed E-state index contributed by atoms with van der Waals surface area (Å²) in [6.45, 7) is 6.86. The Bertz CT molecular complexity index is 1290. The van der Waals surface area contributed by atoms with E-state index in [0.29, 0.717) is 0 Å². The number of nitrogens with zero attached hydrogens (tertiary/aromatic N) is 3. The minimum atomic E-state index is 0.140. The molecule has 26 heavy (non-hydrogen) atoms. The molecule has 0 spiro atoms. The van der Waals surface area contributed by atoms with Gasteiger partial charge in [-0.3, -0.25) is 9.38 Å². The first kappa shape index (κ1) is 15.3. The Morgan fingerprint density at radius 1 is 0.923 bits per heavy atom. The molecule has 3 aromatic heterocycles. The van der Waals surface area contributed by atoms with Gasteiger partial charge in [-0.25, -0.2) is 4.98 Å². The highest BCUT2D eigenvalue weighted by Crippen LogP contribution is 2.35. The van der Waals surface area contributed by atoms with Crippen LogP contribution >= 0.6 is 0 Å². The molecule has 0 aliphatic heterocycles. The Morgan fingerprint density at radius 2 is 1.77 bits per heavy atom. The van der Waals surface area contributed by atoms with Crippen molar-refractivity contribution in [1.82, 2.24) is 14.4 Å². The Kier molecular flexibility index (Phi) is 3.11. The van der Waals surface area contributed by atoms with Crippen LogP contribution in [0.1, 0.15) is 32.8 Å². The molecular formula is C23H21N3. The molecule has 0 unspecified atom stereocenters. The first-order valence-corrected chi connectivity index (χ1v) is 9.17. The largest absolute Gasteiger partial charge is 0.292 e. The van der Waals surface area contributed by atoms with Gasteiger partial charge in [-0.2, -0.15) is 0 Å². The number of imidazole rings is 1. The molecule has 0 N–H and O–H groups in total. The number of aromatic nitrogens is 3. The number of rotatable bonds is 2. The van der Waals surface area contributed by atoms with Gasteiger partial charge in [-0.1, -0.05) is 45.0 Å². The van der Waals surface area contributed by atoms with Crippen molar-refractivity contribution in [2.45, 2.75) is 32.6 Å². The van der Waals surface area contributed by atoms with E-state index in [2.05, 4.69) is 72.6 Å². The Labute approximate surface area is 152 Å². The van der Waals surface area contributed by atoms with Crippen molar-refractivity contribution in [2.75, 3.05) is 0 Å². The molecule has 0 saturated heterocycles. The van der Waals surface area contributed by atoms with Gasteiger partial charge in [0.2, 0.25) is 0 Å². The van der Waals surface area contributed by atoms with E-state index in [1.807, 2.05) is 18.5 Å². The van der Waals surface area contributed by atoms with Gasteiger partial charge < -0.3 is 0 Å². The van der Waals surface area contributed by atoms with Crippen molar-refractivity contribution in [3.05, 3.63) is 66.5 Å². The van der Waals surface area contributed by atoms with Crippen LogP contribution in [0.25, 0.3) is 38.4 Å². The van der Waals surface area contributed by atoms with Crippen LogP contribution in [0.5, 0.6) is 0 Å². The first-order valence-electron chi connectivity index (χ1n) is 9.17. The molecular weight excluding hydrogens is 318 g/mol. The van der Waals surface area contributed by atoms with Crippen LogP contribution in [-0.2, 0) is 5.41 Å². The molecule has 5 aromatic rings. The van der Waals surface area contributed by atoms with E-state index in [1.165, 1.54) is 16.5 Å². The van der Waals surface area contributed by atoms with Gasteiger partial charge in [0.05, 0.1) is 16.6 Å². The van der Waals surface area contributed by atoms with Gasteiger partial charge in [0.25, 0.3) is 0 Å². The Balaban J connectivity index is 2.07. The van der Waals surface area contributed by atoms with Crippen LogP contribution in [0.4, 0.5) is 0 Å². The second-order valence-corrected chi connectivity index (χ2v) is 7.65. The minimum absolute atomic E-state index is 0.140. The van der Waals surface area contributed by atoms with Crippen LogP contribution in [0.15, 0.2) is 60.9 Å². The zero-order chi connectivity index (χ0) is 17.9. The van der Waals surface area contributed by atoms with Crippen molar-refractivity contribution in [3.63, 3.8) is 0 Å². The first-order chi connectivity index (χ1) is 12.6. The fraction of sp³-hybridized carbons (Fsp3) is 0.217. The fourth-order valence-electron chi connectivity index (χ4n) is 3.82. The number of para-hydroxylation sites is 2. The number of fused-ring (bicyclic) bond motifs is 8. The molecule has 0 fully saturated rings. The zero-order valence-electron chi connectivity index (χ0n) is 15.3. The summed E-state index contributed by atoms with van der Waals surface area (Å²) >= 11 is 0. The lowest BCUT2D eigenvalue weighted by Crippen LogP contribution is -2.15. The average molecular weight is 339 g/mol. The SMILES string of the molecule is CCC(C)(C)c1ccc2c3cnccc3c3nc4ccccc4n3c2c1. The van der Waals surface area contributed by atoms with Crippen molar-refractivity contribution >= 4 is 38.4 Å². The lowest BCUT2D eigenvalue weighted by atomic mass is 9.82. The number of hydrogen-bond acceptors (Lipinski definition) is 2. The van der Waals surface area contributed by atoms with Gasteiger partial charge in [0.15, 0.2) is 0 Å². The highest BCUT2D eigenvalue weighted by atomic mass is 15.0. The Morgan fingerprint density at radius 3 is 2.62 bits per heavy atom. The normalized spacial score (nSPS) is 12.6. The summed E-state index contributed by atoms with van der Waals surface area (Å²) in [5, 5.41) is 3.52. The molecule has 0 bridgehead atoms. The molecule has 3 nitrogen and oxygen atoms in total. The number of hydrogen-bond donors (Lipinski definition) is 0. The van der Waals surface area contributed by atoms with Gasteiger partial charge in [0, 0.05) is 28.6 Å². The summed E-state index contributed by atoms with van der Waals surface area (Å²) in [6, 6.07) is 17.3. The summed E-state index contributed by atoms with van der Waals surface area (Å²) < 4.78 is 2.31. The average Bonchev–Trinajstić information content (AvgIpc) is 3.08. The van der Waals surface area contributed by atoms with Crippen LogP contribution in [0.3, 0.4) is 0 Å². The molecule has 0 saturated carbocycles. The van der Waals surface area contributed by atoms with Crippen LogP contribution in [0, 0.1) is 0 Å². The fourth-order valence-corrected chi connectivity index (χ4v) is 3.82. The quantitative estimate of drug-likeness (QED) is 0.376. The molecule has 3 heteroatoms. The molecule has 3 heterocycles. The van der Waals surface area contributed by atoms with E-state index in [1.54, 1.807) is 0 Å². The van der Waals surface area contributed by atoms with Crippen molar-refractivity contribution in [1.29, 1.82) is 0 Å². The summed E-state index contributed by atoms with van der Waals surface area (Å²) in [7, 11) is 0. The minimum Gasteiger partial charge on any atom is -0.292 e. The van der Waals surface area contributed by atoms with E-state index in [4.69, 9.17) is 4.98 Å². The van der Waals surface area contributed by atoms with Crippen molar-refractivity contribution < 1.29 is 0 Å². The van der Waals surface area contributed by atoms with Crippen molar-refractivity contribution in [3.8, 4) is 0 Å². The second kappa shape index (κ2) is 5.28. The van der Waals surface area contributed by atoms with Gasteiger partial charge in [0.1, 0.15) is 5.65 Å². The van der Waals surface area contributed by atoms with Gasteiger partial charge >= 0.3 is 0 Å². The highest BCUT2D eigenvalue weighted by Gasteiger charge is 2.20. The summed E-state index contributed by atoms with van der Waals surface area (Å²) in [4.78, 5) is 9.31. The number of benzene rings is 2. The molecule has 0 aliphatic rings. The van der Waals surface area contributed by atoms with E-state index in [9.17, 15) is 0 Å². The molecule has 5 rings (SSSR count). The van der Waals surface area contributed by atoms with E-state index in [-0.39, 0.29) is 5.41 Å². The maximum atomic E-state index is 4.94. The van der Waals surface area contributed by atoms with Crippen molar-refractivity contribution in [2.24, 2.45) is 0 Å². The van der Waals surface area contributed by atoms with E-state index < -0.39 is 0 Å². The maximum absolute atomic E-state index is 4.94. The topological polar surface area (TPSA) is 30.2 Å². The van der Waals surface area contributed by atoms with Gasteiger partial charge in [-0.05, 0) is 41.7 Å². The van der Waals surface area contributed by atoms with Crippen LogP contribution in [-0.4, -0.2) is 14.4 Å². The molecule has 128 valence electrons. The molecule has 0 aliphatic carbocycles. The summed E-state index contributed by atoms with van der Waals surface area (Å²) in [6.07, 6.45) is 4.91. The Hall–Kier alpha value is -2.94. The lowest BCUT2D eigenvalue weighted by molar-refractivity contribution is 0.507. The molecule has 0 radical (unpaired) electrons. The third-order valence-corrected chi connectivity index (χ3v) is 5.82. The standard InChI is InChI=1S/C23H21N3/c1-4-23(2,3)15-9-10-16-18-14-24-12-11-17(18)22-25-19-7-5-6-8-20(19)26(22)21(16)13-15/h5-14H,4H2,1-3H3. The van der Waals surface area contributed by atoms with Crippen LogP contribution in [0.2, 0.25) is 0 Å². The summed E-state index contributed by atoms with van der Waals surface area (Å²) in [5.41, 5.74) is 5.88. The maximum Gasteiger partial charge on any atom is 0.146 e. The monoisotopic (exact) mass is 339 g/mol. The number of pyridine rings is 2. The second-order valence-electron chi connectivity index (χ2n) is 7.65. The highest BCUT2D eigenvalue weighted by molar-refractivity contribution is 6.13. The van der Waals surface area contributed by atoms with E-state index in [0.717, 1.165) is 33.9 Å². The third kappa shape index (κ3) is 2.00. The smallest absolute Gasteiger partial charge is 0.146 e. The van der Waals surface area contributed by atoms with E-state index >= 15 is 0 Å². The third-order valence-electron chi connectivity index (χ3n) is 5.82. The predicted octanol–water partition coefficient (Wildman–Crippen LogP) is 5.88. The zero-order valence-corrected chi connectivity index (χ0v) is 15.3. The predicted molar refractivity (Wildman–Crippen MR) is 109 cm³/mol. The molecule has 2 aromatic carbocycles. The molecule has 0 atom stereocenters. The van der Waals surface area contributed by atoms with Gasteiger partial charge in [-0.15, -0.1) is 0 Å². The summed E-state index contributed by atoms with van der Waals surface area (Å²) in [5.74, 6) is 0.